The predicted octanol–water partition coefficient (Wildman–Crippen LogP) is 1.67. The number of aliphatic carboxylic acids is 1. The number of benzene rings is 1. The molecule has 0 aliphatic carbocycles. The highest BCUT2D eigenvalue weighted by Crippen LogP contribution is 2.35. The van der Waals surface area contributed by atoms with Crippen molar-refractivity contribution in [3.05, 3.63) is 18.2 Å². The number of hydrogen-bond acceptors (Lipinski definition) is 5. The lowest BCUT2D eigenvalue weighted by molar-refractivity contribution is -0.143. The molecule has 3 unspecified atom stereocenters. The van der Waals surface area contributed by atoms with Gasteiger partial charge in [0.25, 0.3) is 0 Å². The van der Waals surface area contributed by atoms with Gasteiger partial charge in [-0.15, -0.1) is 0 Å². The van der Waals surface area contributed by atoms with E-state index < -0.39 is 23.8 Å². The van der Waals surface area contributed by atoms with E-state index in [9.17, 15) is 19.5 Å². The zero-order valence-electron chi connectivity index (χ0n) is 16.0. The molecule has 0 aromatic heterocycles. The lowest BCUT2D eigenvalue weighted by Gasteiger charge is -2.22. The average Bonchev–Trinajstić information content (AvgIpc) is 3.05. The maximum atomic E-state index is 12.6. The fourth-order valence-electron chi connectivity index (χ4n) is 3.08. The summed E-state index contributed by atoms with van der Waals surface area (Å²) in [4.78, 5) is 37.9. The number of carboxylic acid groups (broad SMARTS) is 1. The van der Waals surface area contributed by atoms with Crippen LogP contribution >= 0.6 is 0 Å². The molecule has 8 heteroatoms. The van der Waals surface area contributed by atoms with Crippen molar-refractivity contribution >= 4 is 23.5 Å². The molecule has 0 radical (unpaired) electrons. The molecule has 1 aromatic rings. The molecule has 2 N–H and O–H groups in total. The Morgan fingerprint density at radius 3 is 2.59 bits per heavy atom. The molecule has 1 aliphatic rings. The van der Waals surface area contributed by atoms with Gasteiger partial charge in [-0.2, -0.15) is 0 Å². The summed E-state index contributed by atoms with van der Waals surface area (Å²) in [5.74, 6) is -1.48. The zero-order valence-corrected chi connectivity index (χ0v) is 16.0. The standard InChI is InChI=1S/C19H26N2O6/c1-5-11(2)17(19(24)25)20-18(23)12-8-16(22)21(10-12)14-7-6-13(26-3)9-15(14)27-4/h6-7,9,11-12,17H,5,8,10H2,1-4H3,(H,20,23)(H,24,25). The SMILES string of the molecule is CCC(C)C(NC(=O)C1CC(=O)N(c2ccc(OC)cc2OC)C1)C(=O)O. The largest absolute Gasteiger partial charge is 0.497 e. The third-order valence-corrected chi connectivity index (χ3v) is 4.95. The third-order valence-electron chi connectivity index (χ3n) is 4.95. The Hall–Kier alpha value is -2.77. The summed E-state index contributed by atoms with van der Waals surface area (Å²) < 4.78 is 10.5. The molecular weight excluding hydrogens is 352 g/mol. The van der Waals surface area contributed by atoms with Gasteiger partial charge in [0.15, 0.2) is 0 Å². The van der Waals surface area contributed by atoms with Crippen molar-refractivity contribution in [1.29, 1.82) is 0 Å². The van der Waals surface area contributed by atoms with Crippen LogP contribution in [0.2, 0.25) is 0 Å². The van der Waals surface area contributed by atoms with Crippen molar-refractivity contribution in [1.82, 2.24) is 5.32 Å². The smallest absolute Gasteiger partial charge is 0.326 e. The first kappa shape index (κ1) is 20.5. The van der Waals surface area contributed by atoms with Crippen LogP contribution in [0, 0.1) is 11.8 Å². The zero-order chi connectivity index (χ0) is 20.1. The van der Waals surface area contributed by atoms with E-state index in [0.29, 0.717) is 23.6 Å². The van der Waals surface area contributed by atoms with Crippen molar-refractivity contribution in [2.75, 3.05) is 25.7 Å². The van der Waals surface area contributed by atoms with Crippen molar-refractivity contribution in [2.24, 2.45) is 11.8 Å². The Kier molecular flexibility index (Phi) is 6.65. The molecule has 0 saturated carbocycles. The number of ether oxygens (including phenoxy) is 2. The Balaban J connectivity index is 2.15. The van der Waals surface area contributed by atoms with E-state index in [1.807, 2.05) is 6.92 Å². The van der Waals surface area contributed by atoms with Crippen LogP contribution < -0.4 is 19.7 Å². The predicted molar refractivity (Wildman–Crippen MR) is 99.0 cm³/mol. The number of hydrogen-bond donors (Lipinski definition) is 2. The molecule has 2 amide bonds. The number of amides is 2. The Morgan fingerprint density at radius 1 is 1.33 bits per heavy atom. The van der Waals surface area contributed by atoms with E-state index in [-0.39, 0.29) is 24.8 Å². The van der Waals surface area contributed by atoms with E-state index in [4.69, 9.17) is 9.47 Å². The highest BCUT2D eigenvalue weighted by atomic mass is 16.5. The van der Waals surface area contributed by atoms with Gasteiger partial charge in [0, 0.05) is 19.0 Å². The fraction of sp³-hybridized carbons (Fsp3) is 0.526. The summed E-state index contributed by atoms with van der Waals surface area (Å²) >= 11 is 0. The summed E-state index contributed by atoms with van der Waals surface area (Å²) in [7, 11) is 3.03. The normalized spacial score (nSPS) is 18.7. The molecule has 148 valence electrons. The van der Waals surface area contributed by atoms with Gasteiger partial charge in [-0.3, -0.25) is 9.59 Å². The molecule has 1 fully saturated rings. The number of anilines is 1. The molecular formula is C19H26N2O6. The van der Waals surface area contributed by atoms with Crippen LogP contribution in [0.4, 0.5) is 5.69 Å². The Morgan fingerprint density at radius 2 is 2.04 bits per heavy atom. The number of nitrogens with one attached hydrogen (secondary N) is 1. The molecule has 0 spiro atoms. The molecule has 3 atom stereocenters. The van der Waals surface area contributed by atoms with Gasteiger partial charge in [0.2, 0.25) is 11.8 Å². The van der Waals surface area contributed by atoms with Crippen molar-refractivity contribution < 1.29 is 29.0 Å². The first-order valence-corrected chi connectivity index (χ1v) is 8.87. The number of methoxy groups -OCH3 is 2. The van der Waals surface area contributed by atoms with Gasteiger partial charge in [-0.1, -0.05) is 20.3 Å². The monoisotopic (exact) mass is 378 g/mol. The second-order valence-corrected chi connectivity index (χ2v) is 6.65. The summed E-state index contributed by atoms with van der Waals surface area (Å²) in [5, 5.41) is 11.9. The minimum Gasteiger partial charge on any atom is -0.497 e. The second-order valence-electron chi connectivity index (χ2n) is 6.65. The molecule has 1 heterocycles. The lowest BCUT2D eigenvalue weighted by atomic mass is 9.98. The summed E-state index contributed by atoms with van der Waals surface area (Å²) in [5.41, 5.74) is 0.551. The van der Waals surface area contributed by atoms with Crippen LogP contribution in [0.1, 0.15) is 26.7 Å². The van der Waals surface area contributed by atoms with E-state index >= 15 is 0 Å². The van der Waals surface area contributed by atoms with Gasteiger partial charge >= 0.3 is 5.97 Å². The molecule has 1 saturated heterocycles. The molecule has 0 bridgehead atoms. The molecule has 27 heavy (non-hydrogen) atoms. The highest BCUT2D eigenvalue weighted by Gasteiger charge is 2.38. The summed E-state index contributed by atoms with van der Waals surface area (Å²) in [6, 6.07) is 4.11. The van der Waals surface area contributed by atoms with Gasteiger partial charge in [0.1, 0.15) is 17.5 Å². The van der Waals surface area contributed by atoms with Crippen LogP contribution in [0.5, 0.6) is 11.5 Å². The molecule has 1 aliphatic heterocycles. The fourth-order valence-corrected chi connectivity index (χ4v) is 3.08. The van der Waals surface area contributed by atoms with Crippen molar-refractivity contribution in [3.8, 4) is 11.5 Å². The molecule has 2 rings (SSSR count). The minimum atomic E-state index is -1.07. The number of nitrogens with zero attached hydrogens (tertiary/aromatic N) is 1. The minimum absolute atomic E-state index is 0.0217. The van der Waals surface area contributed by atoms with Crippen LogP contribution in [0.15, 0.2) is 18.2 Å². The van der Waals surface area contributed by atoms with Crippen LogP contribution in [0.25, 0.3) is 0 Å². The van der Waals surface area contributed by atoms with Crippen LogP contribution in [0.3, 0.4) is 0 Å². The Labute approximate surface area is 158 Å². The maximum absolute atomic E-state index is 12.6. The number of carboxylic acids is 1. The van der Waals surface area contributed by atoms with E-state index in [0.717, 1.165) is 0 Å². The van der Waals surface area contributed by atoms with E-state index in [1.165, 1.54) is 19.1 Å². The van der Waals surface area contributed by atoms with Crippen molar-refractivity contribution in [3.63, 3.8) is 0 Å². The average molecular weight is 378 g/mol. The highest BCUT2D eigenvalue weighted by molar-refractivity contribution is 6.01. The summed E-state index contributed by atoms with van der Waals surface area (Å²) in [6.07, 6.45) is 0.643. The summed E-state index contributed by atoms with van der Waals surface area (Å²) in [6.45, 7) is 3.80. The van der Waals surface area contributed by atoms with Crippen LogP contribution in [-0.2, 0) is 14.4 Å². The maximum Gasteiger partial charge on any atom is 0.326 e. The molecule has 1 aromatic carbocycles. The first-order chi connectivity index (χ1) is 12.8. The second kappa shape index (κ2) is 8.75. The van der Waals surface area contributed by atoms with Gasteiger partial charge in [-0.05, 0) is 18.1 Å². The van der Waals surface area contributed by atoms with Gasteiger partial charge in [-0.25, -0.2) is 4.79 Å². The third kappa shape index (κ3) is 4.50. The first-order valence-electron chi connectivity index (χ1n) is 8.87. The quantitative estimate of drug-likeness (QED) is 0.713. The van der Waals surface area contributed by atoms with E-state index in [1.54, 1.807) is 25.1 Å². The number of rotatable bonds is 8. The molecule has 8 nitrogen and oxygen atoms in total. The van der Waals surface area contributed by atoms with Gasteiger partial charge in [0.05, 0.1) is 25.8 Å². The number of carbonyl (C=O) groups excluding carboxylic acids is 2. The van der Waals surface area contributed by atoms with E-state index in [2.05, 4.69) is 5.32 Å². The topological polar surface area (TPSA) is 105 Å². The van der Waals surface area contributed by atoms with Crippen molar-refractivity contribution in [2.45, 2.75) is 32.7 Å². The Bertz CT molecular complexity index is 720. The van der Waals surface area contributed by atoms with Crippen LogP contribution in [-0.4, -0.2) is 49.7 Å². The lowest BCUT2D eigenvalue weighted by Crippen LogP contribution is -2.47. The van der Waals surface area contributed by atoms with Gasteiger partial charge < -0.3 is 24.8 Å². The number of carbonyl (C=O) groups is 3.